The third-order valence-electron chi connectivity index (χ3n) is 4.48. The number of rotatable bonds is 7. The van der Waals surface area contributed by atoms with E-state index in [0.29, 0.717) is 29.4 Å². The number of hydrogen-bond donors (Lipinski definition) is 1. The number of benzene rings is 3. The maximum atomic E-state index is 13.1. The fraction of sp³-hybridized carbons (Fsp3) is 0.0909. The maximum Gasteiger partial charge on any atom is 0.261 e. The summed E-state index contributed by atoms with van der Waals surface area (Å²) in [6.45, 7) is 0. The fourth-order valence-corrected chi connectivity index (χ4v) is 3.96. The molecule has 31 heavy (non-hydrogen) atoms. The van der Waals surface area contributed by atoms with E-state index in [4.69, 9.17) is 9.26 Å². The predicted octanol–water partition coefficient (Wildman–Crippen LogP) is 4.28. The summed E-state index contributed by atoms with van der Waals surface area (Å²) >= 11 is 0. The molecule has 0 amide bonds. The lowest BCUT2D eigenvalue weighted by Crippen LogP contribution is -2.12. The van der Waals surface area contributed by atoms with Gasteiger partial charge in [0.2, 0.25) is 11.7 Å². The van der Waals surface area contributed by atoms with Crippen LogP contribution in [0.25, 0.3) is 11.4 Å². The van der Waals surface area contributed by atoms with Crippen LogP contribution in [-0.2, 0) is 16.4 Å². The van der Waals surface area contributed by atoms with Crippen molar-refractivity contribution in [3.8, 4) is 17.1 Å². The molecule has 1 aromatic heterocycles. The van der Waals surface area contributed by atoms with Gasteiger partial charge in [0.25, 0.3) is 10.0 Å². The predicted molar refractivity (Wildman–Crippen MR) is 113 cm³/mol. The van der Waals surface area contributed by atoms with E-state index >= 15 is 0 Å². The number of ether oxygens (including phenoxy) is 1. The summed E-state index contributed by atoms with van der Waals surface area (Å²) in [5.41, 5.74) is 1.89. The lowest BCUT2D eigenvalue weighted by Gasteiger charge is -2.08. The third-order valence-corrected chi connectivity index (χ3v) is 5.88. The fourth-order valence-electron chi connectivity index (χ4n) is 2.91. The van der Waals surface area contributed by atoms with Crippen LogP contribution in [0.15, 0.2) is 82.2 Å². The van der Waals surface area contributed by atoms with E-state index in [2.05, 4.69) is 14.9 Å². The largest absolute Gasteiger partial charge is 0.497 e. The number of hydrogen-bond acceptors (Lipinski definition) is 6. The van der Waals surface area contributed by atoms with Crippen molar-refractivity contribution in [1.29, 1.82) is 0 Å². The van der Waals surface area contributed by atoms with Gasteiger partial charge in [-0.15, -0.1) is 0 Å². The Hall–Kier alpha value is -3.72. The number of methoxy groups -OCH3 is 1. The van der Waals surface area contributed by atoms with E-state index in [1.165, 1.54) is 12.1 Å². The Labute approximate surface area is 178 Å². The molecule has 4 rings (SSSR count). The first kappa shape index (κ1) is 20.5. The standard InChI is InChI=1S/C22H18FN3O4S/c1-29-19-9-5-15(6-10-19)13-21-24-22(25-30-21)16-3-2-4-18(14-16)26-31(27,28)20-11-7-17(23)8-12-20/h2-12,14,26H,13H2,1H3. The number of anilines is 1. The van der Waals surface area contributed by atoms with Crippen molar-refractivity contribution < 1.29 is 22.1 Å². The van der Waals surface area contributed by atoms with Gasteiger partial charge in [-0.1, -0.05) is 29.4 Å². The molecule has 1 heterocycles. The van der Waals surface area contributed by atoms with Crippen molar-refractivity contribution in [2.45, 2.75) is 11.3 Å². The van der Waals surface area contributed by atoms with Gasteiger partial charge in [-0.25, -0.2) is 12.8 Å². The van der Waals surface area contributed by atoms with Crippen LogP contribution in [0.4, 0.5) is 10.1 Å². The van der Waals surface area contributed by atoms with Crippen molar-refractivity contribution in [2.24, 2.45) is 0 Å². The van der Waals surface area contributed by atoms with Crippen LogP contribution in [0.1, 0.15) is 11.5 Å². The molecule has 7 nitrogen and oxygen atoms in total. The highest BCUT2D eigenvalue weighted by atomic mass is 32.2. The molecule has 9 heteroatoms. The molecule has 158 valence electrons. The Morgan fingerprint density at radius 3 is 2.48 bits per heavy atom. The summed E-state index contributed by atoms with van der Waals surface area (Å²) < 4.78 is 51.1. The van der Waals surface area contributed by atoms with Crippen molar-refractivity contribution in [3.63, 3.8) is 0 Å². The second-order valence-corrected chi connectivity index (χ2v) is 8.36. The second-order valence-electron chi connectivity index (χ2n) is 6.68. The number of halogens is 1. The molecule has 0 radical (unpaired) electrons. The molecule has 0 saturated carbocycles. The number of aromatic nitrogens is 2. The molecule has 0 saturated heterocycles. The molecule has 4 aromatic rings. The third kappa shape index (κ3) is 4.89. The summed E-state index contributed by atoms with van der Waals surface area (Å²) in [6, 6.07) is 18.7. The van der Waals surface area contributed by atoms with Crippen LogP contribution in [0, 0.1) is 5.82 Å². The topological polar surface area (TPSA) is 94.3 Å². The molecule has 0 fully saturated rings. The van der Waals surface area contributed by atoms with Gasteiger partial charge in [0.1, 0.15) is 11.6 Å². The monoisotopic (exact) mass is 439 g/mol. The lowest BCUT2D eigenvalue weighted by molar-refractivity contribution is 0.385. The molecule has 0 aliphatic carbocycles. The van der Waals surface area contributed by atoms with Crippen LogP contribution in [0.3, 0.4) is 0 Å². The van der Waals surface area contributed by atoms with Gasteiger partial charge in [-0.05, 0) is 54.1 Å². The van der Waals surface area contributed by atoms with E-state index in [1.54, 1.807) is 31.4 Å². The zero-order valence-corrected chi connectivity index (χ0v) is 17.3. The zero-order valence-electron chi connectivity index (χ0n) is 16.4. The summed E-state index contributed by atoms with van der Waals surface area (Å²) in [5.74, 6) is 1.02. The van der Waals surface area contributed by atoms with E-state index in [9.17, 15) is 12.8 Å². The molecular formula is C22H18FN3O4S. The normalized spacial score (nSPS) is 11.3. The van der Waals surface area contributed by atoms with E-state index < -0.39 is 15.8 Å². The van der Waals surface area contributed by atoms with Gasteiger partial charge in [-0.3, -0.25) is 4.72 Å². The summed E-state index contributed by atoms with van der Waals surface area (Å²) in [5, 5.41) is 3.99. The van der Waals surface area contributed by atoms with Crippen LogP contribution < -0.4 is 9.46 Å². The Morgan fingerprint density at radius 2 is 1.77 bits per heavy atom. The van der Waals surface area contributed by atoms with Gasteiger partial charge >= 0.3 is 0 Å². The van der Waals surface area contributed by atoms with Crippen molar-refractivity contribution >= 4 is 15.7 Å². The van der Waals surface area contributed by atoms with Crippen LogP contribution in [0.2, 0.25) is 0 Å². The molecule has 0 aliphatic heterocycles. The minimum absolute atomic E-state index is 0.0411. The molecule has 0 unspecified atom stereocenters. The average Bonchev–Trinajstić information content (AvgIpc) is 3.23. The van der Waals surface area contributed by atoms with Gasteiger partial charge < -0.3 is 9.26 Å². The Morgan fingerprint density at radius 1 is 1.03 bits per heavy atom. The number of nitrogens with zero attached hydrogens (tertiary/aromatic N) is 2. The smallest absolute Gasteiger partial charge is 0.261 e. The maximum absolute atomic E-state index is 13.1. The van der Waals surface area contributed by atoms with Crippen molar-refractivity contribution in [1.82, 2.24) is 10.1 Å². The van der Waals surface area contributed by atoms with Crippen LogP contribution in [-0.4, -0.2) is 25.7 Å². The molecule has 3 aromatic carbocycles. The summed E-state index contributed by atoms with van der Waals surface area (Å²) in [6.07, 6.45) is 0.452. The van der Waals surface area contributed by atoms with Crippen LogP contribution in [0.5, 0.6) is 5.75 Å². The van der Waals surface area contributed by atoms with E-state index in [1.807, 2.05) is 24.3 Å². The highest BCUT2D eigenvalue weighted by molar-refractivity contribution is 7.92. The summed E-state index contributed by atoms with van der Waals surface area (Å²) in [4.78, 5) is 4.35. The quantitative estimate of drug-likeness (QED) is 0.462. The minimum Gasteiger partial charge on any atom is -0.497 e. The Kier molecular flexibility index (Phi) is 5.68. The first-order valence-electron chi connectivity index (χ1n) is 9.27. The Bertz CT molecular complexity index is 1290. The van der Waals surface area contributed by atoms with Gasteiger partial charge in [0, 0.05) is 11.3 Å². The minimum atomic E-state index is -3.86. The molecule has 0 bridgehead atoms. The first-order chi connectivity index (χ1) is 14.9. The zero-order chi connectivity index (χ0) is 21.8. The second kappa shape index (κ2) is 8.57. The first-order valence-corrected chi connectivity index (χ1v) is 10.8. The lowest BCUT2D eigenvalue weighted by atomic mass is 10.1. The highest BCUT2D eigenvalue weighted by Gasteiger charge is 2.16. The van der Waals surface area contributed by atoms with E-state index in [0.717, 1.165) is 23.4 Å². The average molecular weight is 439 g/mol. The van der Waals surface area contributed by atoms with Crippen molar-refractivity contribution in [2.75, 3.05) is 11.8 Å². The highest BCUT2D eigenvalue weighted by Crippen LogP contribution is 2.23. The van der Waals surface area contributed by atoms with E-state index in [-0.39, 0.29) is 4.90 Å². The summed E-state index contributed by atoms with van der Waals surface area (Å²) in [7, 11) is -2.26. The molecule has 0 spiro atoms. The number of nitrogens with one attached hydrogen (secondary N) is 1. The molecule has 0 aliphatic rings. The van der Waals surface area contributed by atoms with Crippen molar-refractivity contribution in [3.05, 3.63) is 90.1 Å². The van der Waals surface area contributed by atoms with Gasteiger partial charge in [0.05, 0.1) is 18.4 Å². The SMILES string of the molecule is COc1ccc(Cc2nc(-c3cccc(NS(=O)(=O)c4ccc(F)cc4)c3)no2)cc1. The molecule has 1 N–H and O–H groups in total. The Balaban J connectivity index is 1.51. The van der Waals surface area contributed by atoms with Gasteiger partial charge in [-0.2, -0.15) is 4.98 Å². The van der Waals surface area contributed by atoms with Gasteiger partial charge in [0.15, 0.2) is 0 Å². The molecular weight excluding hydrogens is 421 g/mol. The van der Waals surface area contributed by atoms with Crippen LogP contribution >= 0.6 is 0 Å². The number of sulfonamides is 1. The molecule has 0 atom stereocenters.